The highest BCUT2D eigenvalue weighted by atomic mass is 19.3. The molecule has 0 aliphatic carbocycles. The molecule has 0 aliphatic rings. The Morgan fingerprint density at radius 1 is 1.64 bits per heavy atom. The fraction of sp³-hybridized carbons (Fsp3) is 0.286. The Hall–Kier alpha value is -1.19. The second kappa shape index (κ2) is 3.27. The lowest BCUT2D eigenvalue weighted by molar-refractivity contribution is 0.125. The van der Waals surface area contributed by atoms with Gasteiger partial charge in [-0.2, -0.15) is 0 Å². The van der Waals surface area contributed by atoms with E-state index < -0.39 is 18.5 Å². The second-order valence-corrected chi connectivity index (χ2v) is 2.01. The number of alkyl halides is 2. The summed E-state index contributed by atoms with van der Waals surface area (Å²) in [7, 11) is 0. The van der Waals surface area contributed by atoms with Crippen LogP contribution in [-0.2, 0) is 6.54 Å². The molecule has 0 bridgehead atoms. The van der Waals surface area contributed by atoms with E-state index in [1.807, 2.05) is 0 Å². The van der Waals surface area contributed by atoms with E-state index in [-0.39, 0.29) is 0 Å². The minimum atomic E-state index is -2.49. The lowest BCUT2D eigenvalue weighted by Gasteiger charge is -2.01. The summed E-state index contributed by atoms with van der Waals surface area (Å²) in [5.74, 6) is 0. The molecule has 0 unspecified atom stereocenters. The topological polar surface area (TPSA) is 22.0 Å². The van der Waals surface area contributed by atoms with Crippen molar-refractivity contribution in [2.45, 2.75) is 13.0 Å². The minimum Gasteiger partial charge on any atom is -0.310 e. The maximum Gasteiger partial charge on any atom is 0.256 e. The Balaban J connectivity index is 2.87. The molecular weight excluding hydrogens is 152 g/mol. The van der Waals surface area contributed by atoms with Crippen molar-refractivity contribution in [3.63, 3.8) is 0 Å². The van der Waals surface area contributed by atoms with Crippen molar-refractivity contribution in [1.29, 1.82) is 0 Å². The molecule has 0 fully saturated rings. The van der Waals surface area contributed by atoms with Crippen LogP contribution in [0.4, 0.5) is 8.78 Å². The molecule has 1 rings (SSSR count). The van der Waals surface area contributed by atoms with Gasteiger partial charge in [-0.05, 0) is 12.1 Å². The first-order chi connectivity index (χ1) is 5.20. The van der Waals surface area contributed by atoms with Crippen molar-refractivity contribution in [2.75, 3.05) is 0 Å². The molecule has 0 saturated heterocycles. The molecule has 2 nitrogen and oxygen atoms in total. The summed E-state index contributed by atoms with van der Waals surface area (Å²) in [5, 5.41) is 0. The molecule has 0 spiro atoms. The van der Waals surface area contributed by atoms with Crippen LogP contribution in [0, 0.1) is 6.07 Å². The van der Waals surface area contributed by atoms with Crippen LogP contribution >= 0.6 is 0 Å². The van der Waals surface area contributed by atoms with Crippen LogP contribution in [-0.4, -0.2) is 11.0 Å². The van der Waals surface area contributed by atoms with Gasteiger partial charge in [0.2, 0.25) is 0 Å². The predicted octanol–water partition coefficient (Wildman–Crippen LogP) is 0.914. The van der Waals surface area contributed by atoms with Crippen LogP contribution in [0.15, 0.2) is 23.1 Å². The van der Waals surface area contributed by atoms with E-state index in [9.17, 15) is 13.6 Å². The lowest BCUT2D eigenvalue weighted by atomic mass is 10.4. The van der Waals surface area contributed by atoms with Crippen LogP contribution in [0.5, 0.6) is 0 Å². The quantitative estimate of drug-likeness (QED) is 0.627. The molecule has 1 aromatic heterocycles. The van der Waals surface area contributed by atoms with E-state index in [1.54, 1.807) is 0 Å². The van der Waals surface area contributed by atoms with Gasteiger partial charge in [0.15, 0.2) is 0 Å². The fourth-order valence-electron chi connectivity index (χ4n) is 0.708. The highest BCUT2D eigenvalue weighted by Crippen LogP contribution is 1.94. The summed E-state index contributed by atoms with van der Waals surface area (Å²) < 4.78 is 24.4. The summed E-state index contributed by atoms with van der Waals surface area (Å²) in [6.07, 6.45) is -1.20. The average Bonchev–Trinajstić information content (AvgIpc) is 1.93. The molecule has 0 aliphatic heterocycles. The van der Waals surface area contributed by atoms with Gasteiger partial charge in [0.1, 0.15) is 0 Å². The largest absolute Gasteiger partial charge is 0.310 e. The lowest BCUT2D eigenvalue weighted by Crippen LogP contribution is -2.21. The van der Waals surface area contributed by atoms with Gasteiger partial charge >= 0.3 is 0 Å². The molecule has 0 atom stereocenters. The van der Waals surface area contributed by atoms with Gasteiger partial charge in [-0.15, -0.1) is 0 Å². The van der Waals surface area contributed by atoms with Crippen LogP contribution in [0.3, 0.4) is 0 Å². The predicted molar refractivity (Wildman–Crippen MR) is 35.5 cm³/mol. The van der Waals surface area contributed by atoms with Crippen molar-refractivity contribution in [1.82, 2.24) is 4.57 Å². The first-order valence-electron chi connectivity index (χ1n) is 3.05. The van der Waals surface area contributed by atoms with E-state index >= 15 is 0 Å². The highest BCUT2D eigenvalue weighted by Gasteiger charge is 2.03. The number of pyridine rings is 1. The monoisotopic (exact) mass is 158 g/mol. The van der Waals surface area contributed by atoms with Gasteiger partial charge in [0.05, 0.1) is 6.54 Å². The van der Waals surface area contributed by atoms with E-state index in [2.05, 4.69) is 6.07 Å². The molecule has 1 heterocycles. The third-order valence-corrected chi connectivity index (χ3v) is 1.18. The molecular formula is C7H6F2NO. The minimum absolute atomic E-state index is 0.451. The molecule has 1 radical (unpaired) electrons. The summed E-state index contributed by atoms with van der Waals surface area (Å²) in [6.45, 7) is -0.548. The Morgan fingerprint density at radius 3 is 2.91 bits per heavy atom. The Bertz CT molecular complexity index is 282. The summed E-state index contributed by atoms with van der Waals surface area (Å²) >= 11 is 0. The van der Waals surface area contributed by atoms with Crippen LogP contribution in [0.2, 0.25) is 0 Å². The number of hydrogen-bond donors (Lipinski definition) is 0. The zero-order valence-electron chi connectivity index (χ0n) is 5.63. The van der Waals surface area contributed by atoms with Crippen molar-refractivity contribution in [2.24, 2.45) is 0 Å². The van der Waals surface area contributed by atoms with E-state index in [0.717, 1.165) is 10.6 Å². The van der Waals surface area contributed by atoms with Crippen LogP contribution in [0.1, 0.15) is 0 Å². The van der Waals surface area contributed by atoms with E-state index in [4.69, 9.17) is 0 Å². The van der Waals surface area contributed by atoms with Crippen molar-refractivity contribution >= 4 is 0 Å². The third kappa shape index (κ3) is 2.14. The number of nitrogens with zero attached hydrogens (tertiary/aromatic N) is 1. The van der Waals surface area contributed by atoms with Crippen LogP contribution < -0.4 is 5.56 Å². The maximum atomic E-state index is 11.7. The van der Waals surface area contributed by atoms with Gasteiger partial charge < -0.3 is 4.57 Å². The molecule has 0 amide bonds. The molecule has 0 saturated carbocycles. The molecule has 1 aromatic rings. The van der Waals surface area contributed by atoms with E-state index in [1.165, 1.54) is 12.3 Å². The Kier molecular flexibility index (Phi) is 2.36. The number of aromatic nitrogens is 1. The van der Waals surface area contributed by atoms with Crippen molar-refractivity contribution in [3.05, 3.63) is 34.7 Å². The standard InChI is InChI=1S/C7H6F2NO/c8-6(9)5-10-4-2-1-3-7(10)11/h2-4,6H,5H2. The summed E-state index contributed by atoms with van der Waals surface area (Å²) in [6, 6.07) is 5.04. The zero-order chi connectivity index (χ0) is 8.27. The van der Waals surface area contributed by atoms with Gasteiger partial charge in [-0.1, -0.05) is 0 Å². The first-order valence-corrected chi connectivity index (χ1v) is 3.05. The summed E-state index contributed by atoms with van der Waals surface area (Å²) in [4.78, 5) is 10.8. The number of hydrogen-bond acceptors (Lipinski definition) is 1. The van der Waals surface area contributed by atoms with Gasteiger partial charge in [0, 0.05) is 12.3 Å². The molecule has 0 aromatic carbocycles. The molecule has 0 N–H and O–H groups in total. The molecule has 11 heavy (non-hydrogen) atoms. The van der Waals surface area contributed by atoms with Crippen molar-refractivity contribution in [3.8, 4) is 0 Å². The first kappa shape index (κ1) is 7.91. The summed E-state index contributed by atoms with van der Waals surface area (Å²) in [5.41, 5.74) is -0.451. The van der Waals surface area contributed by atoms with Crippen molar-refractivity contribution < 1.29 is 8.78 Å². The van der Waals surface area contributed by atoms with Crippen LogP contribution in [0.25, 0.3) is 0 Å². The number of halogens is 2. The fourth-order valence-corrected chi connectivity index (χ4v) is 0.708. The van der Waals surface area contributed by atoms with Gasteiger partial charge in [-0.25, -0.2) is 8.78 Å². The average molecular weight is 158 g/mol. The maximum absolute atomic E-state index is 11.7. The van der Waals surface area contributed by atoms with Gasteiger partial charge in [-0.3, -0.25) is 4.79 Å². The third-order valence-electron chi connectivity index (χ3n) is 1.18. The SMILES string of the molecule is O=c1c[c]ccn1CC(F)F. The number of rotatable bonds is 2. The highest BCUT2D eigenvalue weighted by molar-refractivity contribution is 4.91. The Labute approximate surface area is 62.1 Å². The smallest absolute Gasteiger partial charge is 0.256 e. The van der Waals surface area contributed by atoms with E-state index in [0.29, 0.717) is 0 Å². The molecule has 59 valence electrons. The second-order valence-electron chi connectivity index (χ2n) is 2.01. The van der Waals surface area contributed by atoms with Gasteiger partial charge in [0.25, 0.3) is 12.0 Å². The zero-order valence-corrected chi connectivity index (χ0v) is 5.63. The Morgan fingerprint density at radius 2 is 2.36 bits per heavy atom. The molecule has 4 heteroatoms. The normalized spacial score (nSPS) is 10.5.